The number of nitrogens with zero attached hydrogens (tertiary/aromatic N) is 3. The van der Waals surface area contributed by atoms with Gasteiger partial charge >= 0.3 is 6.01 Å². The second-order valence-corrected chi connectivity index (χ2v) is 3.62. The first-order valence-corrected chi connectivity index (χ1v) is 5.54. The molecule has 0 unspecified atom stereocenters. The number of amides is 1. The summed E-state index contributed by atoms with van der Waals surface area (Å²) in [6.07, 6.45) is 2.87. The molecule has 2 heterocycles. The number of hydrogen-bond donors (Lipinski definition) is 2. The van der Waals surface area contributed by atoms with E-state index in [1.807, 2.05) is 6.92 Å². The van der Waals surface area contributed by atoms with Crippen molar-refractivity contribution in [3.05, 3.63) is 29.0 Å². The van der Waals surface area contributed by atoms with Crippen molar-refractivity contribution in [3.8, 4) is 6.01 Å². The number of carbonyl (C=O) groups is 1. The van der Waals surface area contributed by atoms with Crippen LogP contribution in [-0.4, -0.2) is 32.7 Å². The van der Waals surface area contributed by atoms with Crippen LogP contribution in [0.1, 0.15) is 17.3 Å². The predicted molar refractivity (Wildman–Crippen MR) is 64.8 cm³/mol. The van der Waals surface area contributed by atoms with Gasteiger partial charge in [-0.2, -0.15) is 4.98 Å². The van der Waals surface area contributed by atoms with Gasteiger partial charge in [0.2, 0.25) is 5.95 Å². The first-order valence-electron chi connectivity index (χ1n) is 5.16. The highest BCUT2D eigenvalue weighted by molar-refractivity contribution is 6.34. The molecule has 2 rings (SSSR count). The molecule has 7 nitrogen and oxygen atoms in total. The van der Waals surface area contributed by atoms with E-state index in [9.17, 15) is 4.79 Å². The molecule has 0 aliphatic carbocycles. The molecule has 0 aliphatic heterocycles. The van der Waals surface area contributed by atoms with Crippen molar-refractivity contribution in [2.24, 2.45) is 0 Å². The van der Waals surface area contributed by atoms with Gasteiger partial charge in [0.05, 0.1) is 17.2 Å². The minimum Gasteiger partial charge on any atom is -0.463 e. The van der Waals surface area contributed by atoms with Crippen molar-refractivity contribution in [3.63, 3.8) is 0 Å². The van der Waals surface area contributed by atoms with Crippen LogP contribution in [0.25, 0.3) is 0 Å². The first kappa shape index (κ1) is 12.3. The van der Waals surface area contributed by atoms with Crippen LogP contribution in [-0.2, 0) is 0 Å². The molecule has 0 spiro atoms. The number of carbonyl (C=O) groups excluding carboxylic acids is 1. The summed E-state index contributed by atoms with van der Waals surface area (Å²) < 4.78 is 5.06. The van der Waals surface area contributed by atoms with Gasteiger partial charge in [0.15, 0.2) is 0 Å². The Kier molecular flexibility index (Phi) is 3.73. The third kappa shape index (κ3) is 2.75. The van der Waals surface area contributed by atoms with E-state index in [0.29, 0.717) is 12.2 Å². The lowest BCUT2D eigenvalue weighted by molar-refractivity contribution is 0.102. The summed E-state index contributed by atoms with van der Waals surface area (Å²) in [6, 6.07) is 1.69. The number of pyridine rings is 1. The summed E-state index contributed by atoms with van der Waals surface area (Å²) >= 11 is 5.85. The van der Waals surface area contributed by atoms with Crippen LogP contribution in [0.3, 0.4) is 0 Å². The van der Waals surface area contributed by atoms with E-state index < -0.39 is 5.91 Å². The van der Waals surface area contributed by atoms with Gasteiger partial charge in [-0.3, -0.25) is 15.1 Å². The van der Waals surface area contributed by atoms with Gasteiger partial charge < -0.3 is 4.74 Å². The third-order valence-electron chi connectivity index (χ3n) is 1.99. The van der Waals surface area contributed by atoms with E-state index in [4.69, 9.17) is 16.3 Å². The van der Waals surface area contributed by atoms with Gasteiger partial charge in [0.25, 0.3) is 5.91 Å². The highest BCUT2D eigenvalue weighted by atomic mass is 35.5. The van der Waals surface area contributed by atoms with E-state index >= 15 is 0 Å². The van der Waals surface area contributed by atoms with Gasteiger partial charge in [-0.05, 0) is 13.0 Å². The number of hydrogen-bond acceptors (Lipinski definition) is 5. The smallest absolute Gasteiger partial charge is 0.337 e. The van der Waals surface area contributed by atoms with E-state index in [-0.39, 0.29) is 17.0 Å². The fourth-order valence-electron chi connectivity index (χ4n) is 1.23. The second kappa shape index (κ2) is 5.46. The molecule has 2 N–H and O–H groups in total. The molecule has 0 saturated carbocycles. The first-order chi connectivity index (χ1) is 8.70. The zero-order valence-corrected chi connectivity index (χ0v) is 10.2. The summed E-state index contributed by atoms with van der Waals surface area (Å²) in [7, 11) is 0. The molecule has 2 aromatic rings. The van der Waals surface area contributed by atoms with Crippen LogP contribution in [0.15, 0.2) is 18.5 Å². The minimum absolute atomic E-state index is 0.175. The van der Waals surface area contributed by atoms with Gasteiger partial charge in [0.1, 0.15) is 0 Å². The van der Waals surface area contributed by atoms with Crippen LogP contribution in [0.5, 0.6) is 6.01 Å². The van der Waals surface area contributed by atoms with E-state index in [1.54, 1.807) is 0 Å². The zero-order valence-electron chi connectivity index (χ0n) is 9.48. The molecule has 0 aliphatic rings. The van der Waals surface area contributed by atoms with Crippen molar-refractivity contribution < 1.29 is 9.53 Å². The lowest BCUT2D eigenvalue weighted by Gasteiger charge is -2.02. The Morgan fingerprint density at radius 2 is 2.44 bits per heavy atom. The summed E-state index contributed by atoms with van der Waals surface area (Å²) in [5.74, 6) is -0.210. The van der Waals surface area contributed by atoms with Gasteiger partial charge in [0, 0.05) is 12.4 Å². The molecule has 1 amide bonds. The maximum Gasteiger partial charge on any atom is 0.337 e. The summed E-state index contributed by atoms with van der Waals surface area (Å²) in [4.78, 5) is 19.6. The van der Waals surface area contributed by atoms with Crippen LogP contribution in [0, 0.1) is 0 Å². The average molecular weight is 268 g/mol. The zero-order chi connectivity index (χ0) is 13.0. The van der Waals surface area contributed by atoms with Crippen LogP contribution >= 0.6 is 11.6 Å². The molecule has 0 aromatic carbocycles. The Balaban J connectivity index is 2.09. The fourth-order valence-corrected chi connectivity index (χ4v) is 1.44. The maximum absolute atomic E-state index is 11.9. The minimum atomic E-state index is -0.401. The topological polar surface area (TPSA) is 92.8 Å². The molecule has 2 aromatic heterocycles. The van der Waals surface area contributed by atoms with Crippen LogP contribution in [0.2, 0.25) is 5.02 Å². The van der Waals surface area contributed by atoms with Crippen LogP contribution < -0.4 is 10.1 Å². The summed E-state index contributed by atoms with van der Waals surface area (Å²) in [5.41, 5.74) is 0.307. The van der Waals surface area contributed by atoms with Crippen molar-refractivity contribution in [2.45, 2.75) is 6.92 Å². The highest BCUT2D eigenvalue weighted by Gasteiger charge is 2.12. The lowest BCUT2D eigenvalue weighted by atomic mass is 10.2. The fraction of sp³-hybridized carbons (Fsp3) is 0.200. The Hall–Kier alpha value is -2.15. The number of rotatable bonds is 4. The largest absolute Gasteiger partial charge is 0.463 e. The van der Waals surface area contributed by atoms with Gasteiger partial charge in [-0.15, -0.1) is 5.10 Å². The molecule has 0 radical (unpaired) electrons. The number of H-pyrrole nitrogens is 1. The Bertz CT molecular complexity index is 557. The van der Waals surface area contributed by atoms with E-state index in [1.165, 1.54) is 18.5 Å². The molecule has 0 bridgehead atoms. The van der Waals surface area contributed by atoms with E-state index in [2.05, 4.69) is 25.5 Å². The van der Waals surface area contributed by atoms with Gasteiger partial charge in [-0.1, -0.05) is 11.6 Å². The number of nitrogens with one attached hydrogen (secondary N) is 2. The average Bonchev–Trinajstić information content (AvgIpc) is 2.77. The lowest BCUT2D eigenvalue weighted by Crippen LogP contribution is -2.13. The quantitative estimate of drug-likeness (QED) is 0.876. The Labute approximate surface area is 108 Å². The SMILES string of the molecule is CCOc1n[nH]c(NC(=O)c2ccncc2Cl)n1. The molecule has 94 valence electrons. The van der Waals surface area contributed by atoms with E-state index in [0.717, 1.165) is 0 Å². The number of anilines is 1. The van der Waals surface area contributed by atoms with Crippen molar-refractivity contribution in [1.29, 1.82) is 0 Å². The summed E-state index contributed by atoms with van der Waals surface area (Å²) in [5, 5.41) is 9.07. The van der Waals surface area contributed by atoms with Gasteiger partial charge in [-0.25, -0.2) is 5.10 Å². The molecular formula is C10H10ClN5O2. The third-order valence-corrected chi connectivity index (χ3v) is 2.29. The maximum atomic E-state index is 11.9. The number of halogens is 1. The Morgan fingerprint density at radius 1 is 1.61 bits per heavy atom. The summed E-state index contributed by atoms with van der Waals surface area (Å²) in [6.45, 7) is 2.26. The molecule has 18 heavy (non-hydrogen) atoms. The second-order valence-electron chi connectivity index (χ2n) is 3.21. The molecule has 8 heteroatoms. The number of ether oxygens (including phenoxy) is 1. The number of aromatic amines is 1. The van der Waals surface area contributed by atoms with Crippen LogP contribution in [0.4, 0.5) is 5.95 Å². The normalized spacial score (nSPS) is 10.1. The number of aromatic nitrogens is 4. The molecule has 0 saturated heterocycles. The van der Waals surface area contributed by atoms with Crippen molar-refractivity contribution in [2.75, 3.05) is 11.9 Å². The molecule has 0 fully saturated rings. The highest BCUT2D eigenvalue weighted by Crippen LogP contribution is 2.15. The standard InChI is InChI=1S/C10H10ClN5O2/c1-2-18-10-14-9(15-16-10)13-8(17)6-3-4-12-5-7(6)11/h3-5H,2H2,1H3,(H2,13,14,15,16,17). The molecule has 0 atom stereocenters. The Morgan fingerprint density at radius 3 is 3.17 bits per heavy atom. The predicted octanol–water partition coefficient (Wildman–Crippen LogP) is 1.50. The van der Waals surface area contributed by atoms with Crippen molar-refractivity contribution in [1.82, 2.24) is 20.2 Å². The van der Waals surface area contributed by atoms with Crippen molar-refractivity contribution >= 4 is 23.5 Å². The molecular weight excluding hydrogens is 258 g/mol. The monoisotopic (exact) mass is 267 g/mol.